The third-order valence-corrected chi connectivity index (χ3v) is 7.34. The summed E-state index contributed by atoms with van der Waals surface area (Å²) in [4.78, 5) is 26.8. The molecule has 1 aliphatic rings. The lowest BCUT2D eigenvalue weighted by Crippen LogP contribution is -2.38. The topological polar surface area (TPSA) is 100 Å². The number of piperidine rings is 1. The van der Waals surface area contributed by atoms with Gasteiger partial charge in [-0.25, -0.2) is 14.8 Å². The molecule has 1 fully saturated rings. The van der Waals surface area contributed by atoms with Gasteiger partial charge in [0.05, 0.1) is 28.0 Å². The fourth-order valence-electron chi connectivity index (χ4n) is 4.74. The Hall–Kier alpha value is -3.92. The summed E-state index contributed by atoms with van der Waals surface area (Å²) in [6.07, 6.45) is 4.85. The molecule has 4 heterocycles. The molecule has 188 valence electrons. The minimum atomic E-state index is -0.263. The third kappa shape index (κ3) is 5.01. The molecule has 0 unspecified atom stereocenters. The van der Waals surface area contributed by atoms with Crippen LogP contribution < -0.4 is 5.32 Å². The standard InChI is InChI=1S/C27H26BrN7O2/c28-21-15-32-35-25(29-14-19-6-7-22-24(12-19)31-17-30-22)13-23(33-26(21)35)20-8-10-34(11-9-20)27(36)37-16-18-4-2-1-3-5-18/h1-7,12-13,15,17,20,29H,8-11,14,16H2,(H,30,31). The zero-order valence-electron chi connectivity index (χ0n) is 20.1. The quantitative estimate of drug-likeness (QED) is 0.285. The number of nitrogens with one attached hydrogen (secondary N) is 2. The number of nitrogens with zero attached hydrogens (tertiary/aromatic N) is 5. The molecule has 1 amide bonds. The molecule has 1 saturated heterocycles. The van der Waals surface area contributed by atoms with Crippen LogP contribution in [0.3, 0.4) is 0 Å². The van der Waals surface area contributed by atoms with Crippen LogP contribution in [-0.4, -0.2) is 48.6 Å². The van der Waals surface area contributed by atoms with Gasteiger partial charge in [0.1, 0.15) is 12.4 Å². The van der Waals surface area contributed by atoms with Gasteiger partial charge in [-0.3, -0.25) is 0 Å². The molecular weight excluding hydrogens is 534 g/mol. The molecule has 2 aromatic carbocycles. The lowest BCUT2D eigenvalue weighted by Gasteiger charge is -2.31. The van der Waals surface area contributed by atoms with Gasteiger partial charge in [-0.05, 0) is 52.0 Å². The van der Waals surface area contributed by atoms with E-state index in [1.165, 1.54) is 0 Å². The number of benzene rings is 2. The van der Waals surface area contributed by atoms with Gasteiger partial charge in [0, 0.05) is 37.3 Å². The first-order valence-electron chi connectivity index (χ1n) is 12.3. The fraction of sp³-hybridized carbons (Fsp3) is 0.259. The summed E-state index contributed by atoms with van der Waals surface area (Å²) >= 11 is 3.59. The minimum absolute atomic E-state index is 0.242. The number of fused-ring (bicyclic) bond motifs is 2. The number of anilines is 1. The van der Waals surface area contributed by atoms with Gasteiger partial charge < -0.3 is 19.9 Å². The van der Waals surface area contributed by atoms with Crippen molar-refractivity contribution in [1.29, 1.82) is 0 Å². The average molecular weight is 560 g/mol. The lowest BCUT2D eigenvalue weighted by atomic mass is 9.93. The van der Waals surface area contributed by atoms with Gasteiger partial charge in [0.2, 0.25) is 0 Å². The Morgan fingerprint density at radius 2 is 1.95 bits per heavy atom. The van der Waals surface area contributed by atoms with Gasteiger partial charge in [-0.2, -0.15) is 9.61 Å². The highest BCUT2D eigenvalue weighted by molar-refractivity contribution is 9.10. The minimum Gasteiger partial charge on any atom is -0.445 e. The number of carbonyl (C=O) groups excluding carboxylic acids is 1. The molecule has 5 aromatic rings. The highest BCUT2D eigenvalue weighted by atomic mass is 79.9. The predicted octanol–water partition coefficient (Wildman–Crippen LogP) is 5.50. The number of imidazole rings is 1. The first kappa shape index (κ1) is 23.5. The zero-order valence-corrected chi connectivity index (χ0v) is 21.7. The van der Waals surface area contributed by atoms with Gasteiger partial charge in [-0.1, -0.05) is 36.4 Å². The lowest BCUT2D eigenvalue weighted by molar-refractivity contribution is 0.0868. The molecule has 9 nitrogen and oxygen atoms in total. The Bertz CT molecular complexity index is 1540. The van der Waals surface area contributed by atoms with Crippen LogP contribution in [0.25, 0.3) is 16.7 Å². The summed E-state index contributed by atoms with van der Waals surface area (Å²) in [6, 6.07) is 18.0. The monoisotopic (exact) mass is 559 g/mol. The molecule has 0 bridgehead atoms. The molecular formula is C27H26BrN7O2. The first-order valence-corrected chi connectivity index (χ1v) is 13.1. The zero-order chi connectivity index (χ0) is 25.2. The van der Waals surface area contributed by atoms with Crippen LogP contribution in [0.2, 0.25) is 0 Å². The first-order chi connectivity index (χ1) is 18.1. The summed E-state index contributed by atoms with van der Waals surface area (Å²) in [5.41, 5.74) is 5.85. The van der Waals surface area contributed by atoms with Crippen LogP contribution in [0.1, 0.15) is 35.6 Å². The van der Waals surface area contributed by atoms with Crippen molar-refractivity contribution in [2.24, 2.45) is 0 Å². The normalized spacial score (nSPS) is 14.4. The van der Waals surface area contributed by atoms with E-state index in [1.54, 1.807) is 17.4 Å². The van der Waals surface area contributed by atoms with Gasteiger partial charge in [0.15, 0.2) is 5.65 Å². The van der Waals surface area contributed by atoms with Crippen molar-refractivity contribution >= 4 is 44.5 Å². The van der Waals surface area contributed by atoms with Crippen LogP contribution in [0.4, 0.5) is 10.6 Å². The second-order valence-corrected chi connectivity index (χ2v) is 10.1. The van der Waals surface area contributed by atoms with Gasteiger partial charge in [-0.15, -0.1) is 0 Å². The maximum absolute atomic E-state index is 12.6. The number of hydrogen-bond donors (Lipinski definition) is 2. The van der Waals surface area contributed by atoms with Crippen molar-refractivity contribution < 1.29 is 9.53 Å². The smallest absolute Gasteiger partial charge is 0.410 e. The van der Waals surface area contributed by atoms with E-state index in [2.05, 4.69) is 54.5 Å². The number of aromatic amines is 1. The Labute approximate surface area is 222 Å². The number of carbonyl (C=O) groups is 1. The van der Waals surface area contributed by atoms with E-state index in [0.29, 0.717) is 19.6 Å². The maximum atomic E-state index is 12.6. The van der Waals surface area contributed by atoms with Crippen LogP contribution in [0.15, 0.2) is 71.6 Å². The molecule has 0 atom stereocenters. The van der Waals surface area contributed by atoms with Crippen LogP contribution in [-0.2, 0) is 17.9 Å². The largest absolute Gasteiger partial charge is 0.445 e. The number of hydrogen-bond acceptors (Lipinski definition) is 6. The van der Waals surface area contributed by atoms with Crippen molar-refractivity contribution in [1.82, 2.24) is 29.5 Å². The number of aromatic nitrogens is 5. The number of likely N-dealkylation sites (tertiary alicyclic amines) is 1. The van der Waals surface area contributed by atoms with Crippen molar-refractivity contribution in [2.45, 2.75) is 31.9 Å². The molecule has 37 heavy (non-hydrogen) atoms. The van der Waals surface area contributed by atoms with E-state index >= 15 is 0 Å². The summed E-state index contributed by atoms with van der Waals surface area (Å²) in [6.45, 7) is 2.20. The van der Waals surface area contributed by atoms with E-state index < -0.39 is 0 Å². The predicted molar refractivity (Wildman–Crippen MR) is 144 cm³/mol. The van der Waals surface area contributed by atoms with Crippen LogP contribution in [0, 0.1) is 0 Å². The Kier molecular flexibility index (Phi) is 6.48. The van der Waals surface area contributed by atoms with Crippen molar-refractivity contribution in [2.75, 3.05) is 18.4 Å². The number of ether oxygens (including phenoxy) is 1. The molecule has 2 N–H and O–H groups in total. The number of halogens is 1. The summed E-state index contributed by atoms with van der Waals surface area (Å²) in [5.74, 6) is 1.12. The molecule has 0 spiro atoms. The average Bonchev–Trinajstić information content (AvgIpc) is 3.57. The van der Waals surface area contributed by atoms with Crippen LogP contribution in [0.5, 0.6) is 0 Å². The van der Waals surface area contributed by atoms with E-state index in [1.807, 2.05) is 40.9 Å². The molecule has 0 aliphatic carbocycles. The highest BCUT2D eigenvalue weighted by Gasteiger charge is 2.26. The molecule has 3 aromatic heterocycles. The van der Waals surface area contributed by atoms with Crippen molar-refractivity contribution in [3.63, 3.8) is 0 Å². The number of H-pyrrole nitrogens is 1. The summed E-state index contributed by atoms with van der Waals surface area (Å²) in [5, 5.41) is 8.03. The number of rotatable bonds is 6. The van der Waals surface area contributed by atoms with E-state index in [0.717, 1.165) is 56.6 Å². The van der Waals surface area contributed by atoms with E-state index in [-0.39, 0.29) is 18.6 Å². The highest BCUT2D eigenvalue weighted by Crippen LogP contribution is 2.31. The molecule has 10 heteroatoms. The Morgan fingerprint density at radius 3 is 2.78 bits per heavy atom. The summed E-state index contributed by atoms with van der Waals surface area (Å²) < 4.78 is 8.19. The van der Waals surface area contributed by atoms with Crippen molar-refractivity contribution in [3.05, 3.63) is 88.4 Å². The van der Waals surface area contributed by atoms with Gasteiger partial charge in [0.25, 0.3) is 0 Å². The maximum Gasteiger partial charge on any atom is 0.410 e. The SMILES string of the molecule is O=C(OCc1ccccc1)N1CCC(c2cc(NCc3ccc4nc[nH]c4c3)n3ncc(Br)c3n2)CC1. The second-order valence-electron chi connectivity index (χ2n) is 9.20. The summed E-state index contributed by atoms with van der Waals surface area (Å²) in [7, 11) is 0. The van der Waals surface area contributed by atoms with E-state index in [9.17, 15) is 4.79 Å². The number of amides is 1. The van der Waals surface area contributed by atoms with Crippen molar-refractivity contribution in [3.8, 4) is 0 Å². The molecule has 0 saturated carbocycles. The molecule has 6 rings (SSSR count). The fourth-order valence-corrected chi connectivity index (χ4v) is 5.09. The molecule has 0 radical (unpaired) electrons. The Morgan fingerprint density at radius 1 is 1.11 bits per heavy atom. The van der Waals surface area contributed by atoms with Crippen LogP contribution >= 0.6 is 15.9 Å². The third-order valence-electron chi connectivity index (χ3n) is 6.78. The second kappa shape index (κ2) is 10.2. The van der Waals surface area contributed by atoms with Gasteiger partial charge >= 0.3 is 6.09 Å². The Balaban J connectivity index is 1.14. The molecule has 1 aliphatic heterocycles. The van der Waals surface area contributed by atoms with E-state index in [4.69, 9.17) is 9.72 Å².